The zero-order chi connectivity index (χ0) is 23.8. The average molecular weight is 475 g/mol. The van der Waals surface area contributed by atoms with Gasteiger partial charge in [0.05, 0.1) is 43.0 Å². The fourth-order valence-corrected chi connectivity index (χ4v) is 5.23. The van der Waals surface area contributed by atoms with Crippen LogP contribution in [0, 0.1) is 0 Å². The monoisotopic (exact) mass is 474 g/mol. The Labute approximate surface area is 202 Å². The number of hydrogen-bond acceptors (Lipinski definition) is 8. The van der Waals surface area contributed by atoms with Gasteiger partial charge < -0.3 is 14.4 Å². The van der Waals surface area contributed by atoms with Crippen LogP contribution in [0.25, 0.3) is 5.69 Å². The lowest BCUT2D eigenvalue weighted by atomic mass is 9.92. The number of morpholine rings is 1. The van der Waals surface area contributed by atoms with Crippen LogP contribution in [0.3, 0.4) is 0 Å². The summed E-state index contributed by atoms with van der Waals surface area (Å²) in [4.78, 5) is 29.6. The van der Waals surface area contributed by atoms with Gasteiger partial charge in [-0.3, -0.25) is 9.69 Å². The number of fused-ring (bicyclic) bond motifs is 2. The van der Waals surface area contributed by atoms with E-state index in [1.54, 1.807) is 4.68 Å². The van der Waals surface area contributed by atoms with E-state index in [2.05, 4.69) is 26.5 Å². The maximum atomic E-state index is 13.2. The first kappa shape index (κ1) is 21.9. The number of carbonyl (C=O) groups excluding carboxylic acids is 2. The number of hydrogen-bond donors (Lipinski definition) is 0. The van der Waals surface area contributed by atoms with E-state index in [9.17, 15) is 9.59 Å². The number of cyclic esters (lactones) is 1. The summed E-state index contributed by atoms with van der Waals surface area (Å²) >= 11 is 0. The van der Waals surface area contributed by atoms with Crippen molar-refractivity contribution in [3.05, 3.63) is 71.0 Å². The minimum Gasteiger partial charge on any atom is -0.462 e. The fourth-order valence-electron chi connectivity index (χ4n) is 5.23. The van der Waals surface area contributed by atoms with Crippen LogP contribution in [0.5, 0.6) is 0 Å². The normalized spacial score (nSPS) is 22.3. The van der Waals surface area contributed by atoms with Crippen molar-refractivity contribution >= 4 is 11.9 Å². The maximum Gasteiger partial charge on any atom is 0.338 e. The number of nitrogens with zero attached hydrogens (tertiary/aromatic N) is 6. The molecular formula is C25H26N6O4. The molecular weight excluding hydrogens is 448 g/mol. The van der Waals surface area contributed by atoms with Crippen LogP contribution in [0.2, 0.25) is 0 Å². The Balaban J connectivity index is 1.16. The van der Waals surface area contributed by atoms with Crippen LogP contribution < -0.4 is 0 Å². The molecule has 0 N–H and O–H groups in total. The molecule has 2 atom stereocenters. The molecule has 0 radical (unpaired) electrons. The van der Waals surface area contributed by atoms with Crippen LogP contribution >= 0.6 is 0 Å². The molecule has 1 aromatic heterocycles. The molecule has 1 amide bonds. The lowest BCUT2D eigenvalue weighted by molar-refractivity contribution is -0.141. The van der Waals surface area contributed by atoms with Gasteiger partial charge >= 0.3 is 5.97 Å². The van der Waals surface area contributed by atoms with E-state index in [0.717, 1.165) is 35.5 Å². The highest BCUT2D eigenvalue weighted by Crippen LogP contribution is 2.33. The number of ether oxygens (including phenoxy) is 2. The summed E-state index contributed by atoms with van der Waals surface area (Å²) in [6.45, 7) is 4.08. The van der Waals surface area contributed by atoms with Crippen LogP contribution in [0.4, 0.5) is 0 Å². The quantitative estimate of drug-likeness (QED) is 0.520. The van der Waals surface area contributed by atoms with Crippen molar-refractivity contribution in [2.75, 3.05) is 39.4 Å². The molecule has 2 saturated heterocycles. The van der Waals surface area contributed by atoms with E-state index in [-0.39, 0.29) is 24.0 Å². The lowest BCUT2D eigenvalue weighted by Gasteiger charge is -2.47. The van der Waals surface area contributed by atoms with Gasteiger partial charge in [0.2, 0.25) is 5.91 Å². The first-order chi connectivity index (χ1) is 17.2. The van der Waals surface area contributed by atoms with E-state index < -0.39 is 0 Å². The Hall–Kier alpha value is -3.63. The second kappa shape index (κ2) is 9.20. The molecule has 3 aromatic rings. The number of amides is 1. The zero-order valence-electron chi connectivity index (χ0n) is 19.2. The molecule has 180 valence electrons. The Morgan fingerprint density at radius 2 is 1.94 bits per heavy atom. The van der Waals surface area contributed by atoms with Crippen LogP contribution in [-0.4, -0.2) is 87.3 Å². The zero-order valence-corrected chi connectivity index (χ0v) is 19.2. The van der Waals surface area contributed by atoms with Gasteiger partial charge in [-0.15, -0.1) is 5.10 Å². The van der Waals surface area contributed by atoms with Gasteiger partial charge in [0.1, 0.15) is 6.33 Å². The smallest absolute Gasteiger partial charge is 0.338 e. The fraction of sp³-hybridized carbons (Fsp3) is 0.400. The predicted octanol–water partition coefficient (Wildman–Crippen LogP) is 1.20. The molecule has 0 saturated carbocycles. The average Bonchev–Trinajstić information content (AvgIpc) is 3.43. The standard InChI is InChI=1S/C25H26N6O4/c32-23(13-17-1-4-20(5-2-17)31-16-26-27-28-31)30-9-8-29-10-12-34-24(22(29)15-30)19-3-6-21-18(14-19)7-11-35-25(21)33/h1-6,14,16,22,24H,7-13,15H2. The number of rotatable bonds is 4. The third-order valence-corrected chi connectivity index (χ3v) is 7.10. The van der Waals surface area contributed by atoms with Crippen LogP contribution in [0.1, 0.15) is 33.2 Å². The number of carbonyl (C=O) groups is 2. The molecule has 3 aliphatic rings. The molecule has 2 unspecified atom stereocenters. The highest BCUT2D eigenvalue weighted by atomic mass is 16.5. The summed E-state index contributed by atoms with van der Waals surface area (Å²) in [5.74, 6) is -0.151. The Kier molecular flexibility index (Phi) is 5.75. The van der Waals surface area contributed by atoms with E-state index in [1.807, 2.05) is 41.3 Å². The van der Waals surface area contributed by atoms with Crippen molar-refractivity contribution in [1.29, 1.82) is 0 Å². The van der Waals surface area contributed by atoms with Crippen molar-refractivity contribution < 1.29 is 19.1 Å². The molecule has 4 heterocycles. The van der Waals surface area contributed by atoms with Crippen LogP contribution in [0.15, 0.2) is 48.8 Å². The SMILES string of the molecule is O=C1OCCc2cc(C3OCCN4CCN(C(=O)Cc5ccc(-n6cnnn6)cc5)CC34)ccc21. The molecule has 0 aliphatic carbocycles. The van der Waals surface area contributed by atoms with Gasteiger partial charge in [-0.1, -0.05) is 24.3 Å². The summed E-state index contributed by atoms with van der Waals surface area (Å²) in [7, 11) is 0. The molecule has 3 aliphatic heterocycles. The number of piperazine rings is 1. The maximum absolute atomic E-state index is 13.2. The minimum atomic E-state index is -0.260. The molecule has 2 fully saturated rings. The molecule has 10 heteroatoms. The van der Waals surface area contributed by atoms with E-state index in [4.69, 9.17) is 9.47 Å². The van der Waals surface area contributed by atoms with E-state index in [0.29, 0.717) is 44.7 Å². The molecule has 0 bridgehead atoms. The summed E-state index contributed by atoms with van der Waals surface area (Å²) in [5, 5.41) is 11.2. The largest absolute Gasteiger partial charge is 0.462 e. The first-order valence-corrected chi connectivity index (χ1v) is 11.9. The third-order valence-electron chi connectivity index (χ3n) is 7.10. The minimum absolute atomic E-state index is 0.0808. The molecule has 2 aromatic carbocycles. The summed E-state index contributed by atoms with van der Waals surface area (Å²) in [5.41, 5.74) is 4.50. The van der Waals surface area contributed by atoms with Gasteiger partial charge in [-0.25, -0.2) is 9.48 Å². The topological polar surface area (TPSA) is 103 Å². The highest BCUT2D eigenvalue weighted by molar-refractivity contribution is 5.92. The number of tetrazole rings is 1. The molecule has 0 spiro atoms. The van der Waals surface area contributed by atoms with Gasteiger partial charge in [-0.2, -0.15) is 0 Å². The highest BCUT2D eigenvalue weighted by Gasteiger charge is 2.39. The molecule has 35 heavy (non-hydrogen) atoms. The second-order valence-corrected chi connectivity index (χ2v) is 9.13. The van der Waals surface area contributed by atoms with Gasteiger partial charge in [0, 0.05) is 32.6 Å². The Morgan fingerprint density at radius 3 is 2.77 bits per heavy atom. The molecule has 6 rings (SSSR count). The Bertz CT molecular complexity index is 1230. The van der Waals surface area contributed by atoms with Crippen molar-refractivity contribution in [2.45, 2.75) is 25.0 Å². The lowest BCUT2D eigenvalue weighted by Crippen LogP contribution is -2.60. The number of esters is 1. The second-order valence-electron chi connectivity index (χ2n) is 9.13. The van der Waals surface area contributed by atoms with E-state index >= 15 is 0 Å². The van der Waals surface area contributed by atoms with Gasteiger partial charge in [-0.05, 0) is 45.3 Å². The Morgan fingerprint density at radius 1 is 1.06 bits per heavy atom. The summed E-state index contributed by atoms with van der Waals surface area (Å²) in [6.07, 6.45) is 2.46. The van der Waals surface area contributed by atoms with E-state index in [1.165, 1.54) is 6.33 Å². The number of aromatic nitrogens is 4. The summed E-state index contributed by atoms with van der Waals surface area (Å²) in [6, 6.07) is 13.7. The summed E-state index contributed by atoms with van der Waals surface area (Å²) < 4.78 is 13.0. The number of benzene rings is 2. The molecule has 10 nitrogen and oxygen atoms in total. The first-order valence-electron chi connectivity index (χ1n) is 11.9. The van der Waals surface area contributed by atoms with Crippen molar-refractivity contribution in [1.82, 2.24) is 30.0 Å². The van der Waals surface area contributed by atoms with Crippen molar-refractivity contribution in [3.8, 4) is 5.69 Å². The van der Waals surface area contributed by atoms with Crippen molar-refractivity contribution in [3.63, 3.8) is 0 Å². The predicted molar refractivity (Wildman–Crippen MR) is 124 cm³/mol. The van der Waals surface area contributed by atoms with Crippen molar-refractivity contribution in [2.24, 2.45) is 0 Å². The van der Waals surface area contributed by atoms with Crippen LogP contribution in [-0.2, 0) is 27.1 Å². The third kappa shape index (κ3) is 4.30. The van der Waals surface area contributed by atoms with Gasteiger partial charge in [0.15, 0.2) is 0 Å². The van der Waals surface area contributed by atoms with Gasteiger partial charge in [0.25, 0.3) is 0 Å².